The number of rotatable bonds is 5. The first-order chi connectivity index (χ1) is 13.5. The van der Waals surface area contributed by atoms with Crippen LogP contribution in [-0.2, 0) is 7.05 Å². The highest BCUT2D eigenvalue weighted by Crippen LogP contribution is 2.40. The van der Waals surface area contributed by atoms with E-state index in [-0.39, 0.29) is 0 Å². The molecule has 0 saturated heterocycles. The zero-order chi connectivity index (χ0) is 19.8. The number of anilines is 2. The summed E-state index contributed by atoms with van der Waals surface area (Å²) in [6.45, 7) is 0. The van der Waals surface area contributed by atoms with Crippen molar-refractivity contribution < 1.29 is 9.21 Å². The lowest BCUT2D eigenvalue weighted by atomic mass is 10.2. The third-order valence-electron chi connectivity index (χ3n) is 4.38. The first-order valence-electron chi connectivity index (χ1n) is 8.42. The molecule has 9 heteroatoms. The molecule has 0 aliphatic carbocycles. The van der Waals surface area contributed by atoms with E-state index in [2.05, 4.69) is 15.3 Å². The van der Waals surface area contributed by atoms with Crippen LogP contribution in [0.15, 0.2) is 44.7 Å². The fourth-order valence-corrected chi connectivity index (χ4v) is 3.91. The van der Waals surface area contributed by atoms with E-state index in [0.717, 1.165) is 22.2 Å². The summed E-state index contributed by atoms with van der Waals surface area (Å²) in [5.41, 5.74) is 3.42. The Morgan fingerprint density at radius 2 is 2.14 bits per heavy atom. The second-order valence-corrected chi connectivity index (χ2v) is 7.38. The molecule has 0 aliphatic rings. The van der Waals surface area contributed by atoms with Crippen LogP contribution in [0.3, 0.4) is 0 Å². The van der Waals surface area contributed by atoms with Crippen molar-refractivity contribution in [3.8, 4) is 0 Å². The highest BCUT2D eigenvalue weighted by Gasteiger charge is 2.16. The van der Waals surface area contributed by atoms with Gasteiger partial charge in [-0.3, -0.25) is 9.36 Å². The molecule has 0 fully saturated rings. The van der Waals surface area contributed by atoms with Crippen LogP contribution in [-0.4, -0.2) is 36.3 Å². The average Bonchev–Trinajstić information content (AvgIpc) is 3.18. The highest BCUT2D eigenvalue weighted by atomic mass is 32.1. The van der Waals surface area contributed by atoms with Gasteiger partial charge >= 0.3 is 5.76 Å². The van der Waals surface area contributed by atoms with Gasteiger partial charge in [-0.2, -0.15) is 0 Å². The number of nitrogens with zero attached hydrogens (tertiary/aromatic N) is 4. The Hall–Kier alpha value is -3.46. The van der Waals surface area contributed by atoms with Crippen molar-refractivity contribution in [3.05, 3.63) is 45.9 Å². The van der Waals surface area contributed by atoms with E-state index in [1.54, 1.807) is 25.4 Å². The molecule has 0 bridgehead atoms. The van der Waals surface area contributed by atoms with Crippen molar-refractivity contribution in [2.45, 2.75) is 0 Å². The van der Waals surface area contributed by atoms with Crippen molar-refractivity contribution in [2.75, 3.05) is 24.3 Å². The van der Waals surface area contributed by atoms with Crippen LogP contribution >= 0.6 is 11.3 Å². The number of hydrogen-bond donors (Lipinski definition) is 1. The number of oxazole rings is 1. The van der Waals surface area contributed by atoms with E-state index >= 15 is 0 Å². The number of carbonyl (C=O) groups is 1. The maximum atomic E-state index is 11.6. The standard InChI is InChI=1S/C19H17N5O3S/c1-23(2)13-6-7-20-18-16(13)17(15(9-25)28-18)22-10-21-11-4-5-12-14(8-11)27-19(26)24(12)3/h4-10H,1-3H3,(H,21,22). The van der Waals surface area contributed by atoms with Gasteiger partial charge in [-0.15, -0.1) is 11.3 Å². The van der Waals surface area contributed by atoms with Gasteiger partial charge in [0.1, 0.15) is 4.83 Å². The van der Waals surface area contributed by atoms with E-state index in [1.807, 2.05) is 31.1 Å². The molecule has 0 saturated carbocycles. The topological polar surface area (TPSA) is 92.7 Å². The number of aliphatic imine (C=N–C) groups is 1. The Morgan fingerprint density at radius 3 is 2.89 bits per heavy atom. The molecule has 0 atom stereocenters. The molecule has 0 unspecified atom stereocenters. The zero-order valence-corrected chi connectivity index (χ0v) is 16.3. The molecular weight excluding hydrogens is 378 g/mol. The van der Waals surface area contributed by atoms with Crippen LogP contribution in [0, 0.1) is 0 Å². The molecule has 0 amide bonds. The first kappa shape index (κ1) is 17.9. The molecule has 3 aromatic heterocycles. The number of thiophene rings is 1. The summed E-state index contributed by atoms with van der Waals surface area (Å²) in [4.78, 5) is 35.2. The minimum Gasteiger partial charge on any atom is -0.408 e. The molecule has 0 radical (unpaired) electrons. The summed E-state index contributed by atoms with van der Waals surface area (Å²) in [6, 6.07) is 7.23. The Balaban J connectivity index is 1.70. The van der Waals surface area contributed by atoms with Gasteiger partial charge < -0.3 is 14.6 Å². The van der Waals surface area contributed by atoms with Gasteiger partial charge in [-0.1, -0.05) is 0 Å². The number of fused-ring (bicyclic) bond motifs is 2. The number of pyridine rings is 1. The van der Waals surface area contributed by atoms with Gasteiger partial charge in [-0.05, 0) is 18.2 Å². The van der Waals surface area contributed by atoms with E-state index in [0.29, 0.717) is 27.4 Å². The maximum Gasteiger partial charge on any atom is 0.419 e. The summed E-state index contributed by atoms with van der Waals surface area (Å²) < 4.78 is 6.63. The Bertz CT molecular complexity index is 1280. The summed E-state index contributed by atoms with van der Waals surface area (Å²) in [7, 11) is 5.52. The number of aldehydes is 1. The number of nitrogens with one attached hydrogen (secondary N) is 1. The van der Waals surface area contributed by atoms with Crippen LogP contribution in [0.2, 0.25) is 0 Å². The fraction of sp³-hybridized carbons (Fsp3) is 0.158. The summed E-state index contributed by atoms with van der Waals surface area (Å²) >= 11 is 1.31. The van der Waals surface area contributed by atoms with Crippen molar-refractivity contribution in [1.82, 2.24) is 9.55 Å². The Kier molecular flexibility index (Phi) is 4.44. The van der Waals surface area contributed by atoms with E-state index in [4.69, 9.17) is 4.42 Å². The lowest BCUT2D eigenvalue weighted by Gasteiger charge is -2.13. The average molecular weight is 395 g/mol. The van der Waals surface area contributed by atoms with Crippen LogP contribution in [0.4, 0.5) is 17.1 Å². The van der Waals surface area contributed by atoms with Crippen LogP contribution in [0.5, 0.6) is 0 Å². The molecule has 1 N–H and O–H groups in total. The monoisotopic (exact) mass is 395 g/mol. The van der Waals surface area contributed by atoms with Gasteiger partial charge in [0.15, 0.2) is 11.9 Å². The quantitative estimate of drug-likeness (QED) is 0.316. The molecule has 3 heterocycles. The molecule has 8 nitrogen and oxygen atoms in total. The van der Waals surface area contributed by atoms with Crippen molar-refractivity contribution in [2.24, 2.45) is 12.0 Å². The van der Waals surface area contributed by atoms with Crippen LogP contribution < -0.4 is 16.0 Å². The molecule has 4 rings (SSSR count). The lowest BCUT2D eigenvalue weighted by molar-refractivity contribution is 0.112. The second-order valence-electron chi connectivity index (χ2n) is 6.35. The van der Waals surface area contributed by atoms with E-state index in [9.17, 15) is 9.59 Å². The predicted octanol–water partition coefficient (Wildman–Crippen LogP) is 3.39. The largest absolute Gasteiger partial charge is 0.419 e. The van der Waals surface area contributed by atoms with Crippen LogP contribution in [0.25, 0.3) is 21.3 Å². The molecule has 0 aliphatic heterocycles. The van der Waals surface area contributed by atoms with Gasteiger partial charge in [0, 0.05) is 39.1 Å². The Morgan fingerprint density at radius 1 is 1.32 bits per heavy atom. The summed E-state index contributed by atoms with van der Waals surface area (Å²) in [5, 5.41) is 3.90. The third kappa shape index (κ3) is 2.95. The molecule has 4 aromatic rings. The van der Waals surface area contributed by atoms with Gasteiger partial charge in [0.2, 0.25) is 0 Å². The fourth-order valence-electron chi connectivity index (χ4n) is 2.98. The first-order valence-corrected chi connectivity index (χ1v) is 9.24. The van der Waals surface area contributed by atoms with Crippen molar-refractivity contribution >= 4 is 62.3 Å². The van der Waals surface area contributed by atoms with E-state index in [1.165, 1.54) is 22.2 Å². The minimum absolute atomic E-state index is 0.412. The summed E-state index contributed by atoms with van der Waals surface area (Å²) in [6.07, 6.45) is 4.03. The number of aromatic nitrogens is 2. The van der Waals surface area contributed by atoms with Crippen molar-refractivity contribution in [3.63, 3.8) is 0 Å². The number of hydrogen-bond acceptors (Lipinski definition) is 7. The van der Waals surface area contributed by atoms with Crippen molar-refractivity contribution in [1.29, 1.82) is 0 Å². The molecule has 1 aromatic carbocycles. The number of carbonyl (C=O) groups excluding carboxylic acids is 1. The molecule has 142 valence electrons. The Labute approximate surface area is 163 Å². The highest BCUT2D eigenvalue weighted by molar-refractivity contribution is 7.21. The number of aryl methyl sites for hydroxylation is 1. The van der Waals surface area contributed by atoms with E-state index < -0.39 is 5.76 Å². The second kappa shape index (κ2) is 6.93. The predicted molar refractivity (Wildman–Crippen MR) is 113 cm³/mol. The molecule has 0 spiro atoms. The number of benzene rings is 1. The normalized spacial score (nSPS) is 11.5. The lowest BCUT2D eigenvalue weighted by Crippen LogP contribution is -2.08. The van der Waals surface area contributed by atoms with Gasteiger partial charge in [0.05, 0.1) is 33.5 Å². The smallest absolute Gasteiger partial charge is 0.408 e. The zero-order valence-electron chi connectivity index (χ0n) is 15.5. The third-order valence-corrected chi connectivity index (χ3v) is 5.39. The SMILES string of the molecule is CN(C)c1ccnc2sc(C=O)c(N=CNc3ccc4c(c3)oc(=O)n4C)c12. The minimum atomic E-state index is -0.412. The van der Waals surface area contributed by atoms with Gasteiger partial charge in [-0.25, -0.2) is 14.8 Å². The molecular formula is C19H17N5O3S. The van der Waals surface area contributed by atoms with Crippen LogP contribution in [0.1, 0.15) is 9.67 Å². The summed E-state index contributed by atoms with van der Waals surface area (Å²) in [5.74, 6) is -0.412. The molecule has 28 heavy (non-hydrogen) atoms. The maximum absolute atomic E-state index is 11.6. The van der Waals surface area contributed by atoms with Gasteiger partial charge in [0.25, 0.3) is 0 Å².